The summed E-state index contributed by atoms with van der Waals surface area (Å²) >= 11 is 0. The van der Waals surface area contributed by atoms with Crippen LogP contribution in [0.15, 0.2) is 36.2 Å². The molecule has 0 amide bonds. The number of nitrogens with zero attached hydrogens (tertiary/aromatic N) is 1. The second kappa shape index (κ2) is 6.63. The lowest BCUT2D eigenvalue weighted by Gasteiger charge is -2.35. The van der Waals surface area contributed by atoms with Crippen molar-refractivity contribution >= 4 is 0 Å². The molecule has 1 rings (SSSR count). The summed E-state index contributed by atoms with van der Waals surface area (Å²) in [5.74, 6) is -2.64. The molecule has 0 aliphatic heterocycles. The molecule has 0 radical (unpaired) electrons. The van der Waals surface area contributed by atoms with Gasteiger partial charge in [-0.15, -0.1) is 0 Å². The summed E-state index contributed by atoms with van der Waals surface area (Å²) in [5.41, 5.74) is 6.08. The fraction of sp³-hybridized carbons (Fsp3) is 0.647. The molecule has 0 saturated heterocycles. The Morgan fingerprint density at radius 1 is 1.43 bits per heavy atom. The van der Waals surface area contributed by atoms with Gasteiger partial charge in [0.05, 0.1) is 11.5 Å². The molecule has 1 fully saturated rings. The van der Waals surface area contributed by atoms with Crippen LogP contribution in [0.3, 0.4) is 0 Å². The molecule has 2 N–H and O–H groups in total. The number of alkyl halides is 2. The Labute approximate surface area is 127 Å². The van der Waals surface area contributed by atoms with Gasteiger partial charge in [-0.3, -0.25) is 0 Å². The van der Waals surface area contributed by atoms with Gasteiger partial charge in [-0.2, -0.15) is 0 Å². The van der Waals surface area contributed by atoms with Gasteiger partial charge in [0.15, 0.2) is 0 Å². The summed E-state index contributed by atoms with van der Waals surface area (Å²) in [7, 11) is 1.84. The third-order valence-corrected chi connectivity index (χ3v) is 4.47. The Hall–Kier alpha value is -1.32. The van der Waals surface area contributed by atoms with Crippen LogP contribution in [0.4, 0.5) is 8.78 Å². The van der Waals surface area contributed by atoms with Gasteiger partial charge >= 0.3 is 0 Å². The van der Waals surface area contributed by atoms with Gasteiger partial charge in [-0.05, 0) is 31.5 Å². The van der Waals surface area contributed by atoms with E-state index in [0.717, 1.165) is 24.8 Å². The summed E-state index contributed by atoms with van der Waals surface area (Å²) in [6.45, 7) is 9.65. The van der Waals surface area contributed by atoms with E-state index in [-0.39, 0.29) is 12.5 Å². The highest BCUT2D eigenvalue weighted by Crippen LogP contribution is 2.64. The summed E-state index contributed by atoms with van der Waals surface area (Å²) in [4.78, 5) is 1.88. The smallest absolute Gasteiger partial charge is 0.260 e. The van der Waals surface area contributed by atoms with Gasteiger partial charge in [0.2, 0.25) is 0 Å². The fourth-order valence-corrected chi connectivity index (χ4v) is 2.68. The molecule has 0 aromatic carbocycles. The first-order chi connectivity index (χ1) is 9.75. The van der Waals surface area contributed by atoms with Crippen molar-refractivity contribution in [1.82, 2.24) is 4.90 Å². The molecule has 2 nitrogen and oxygen atoms in total. The molecule has 0 spiro atoms. The van der Waals surface area contributed by atoms with Crippen molar-refractivity contribution in [2.75, 3.05) is 7.05 Å². The molecule has 21 heavy (non-hydrogen) atoms. The summed E-state index contributed by atoms with van der Waals surface area (Å²) in [6, 6.07) is -0.0106. The summed E-state index contributed by atoms with van der Waals surface area (Å²) in [5, 5.41) is 0. The molecule has 4 heteroatoms. The largest absolute Gasteiger partial charge is 0.404 e. The second-order valence-electron chi connectivity index (χ2n) is 6.05. The molecule has 2 atom stereocenters. The second-order valence-corrected chi connectivity index (χ2v) is 6.05. The maximum atomic E-state index is 13.6. The van der Waals surface area contributed by atoms with Crippen molar-refractivity contribution in [1.29, 1.82) is 0 Å². The maximum Gasteiger partial charge on any atom is 0.260 e. The molecule has 1 saturated carbocycles. The number of hydrogen-bond acceptors (Lipinski definition) is 2. The van der Waals surface area contributed by atoms with Crippen LogP contribution in [-0.4, -0.2) is 23.9 Å². The normalized spacial score (nSPS) is 25.9. The monoisotopic (exact) mass is 298 g/mol. The van der Waals surface area contributed by atoms with Crippen LogP contribution in [0, 0.1) is 5.41 Å². The molecule has 0 aromatic rings. The topological polar surface area (TPSA) is 29.3 Å². The highest BCUT2D eigenvalue weighted by molar-refractivity contribution is 5.30. The van der Waals surface area contributed by atoms with Crippen molar-refractivity contribution in [3.63, 3.8) is 0 Å². The third kappa shape index (κ3) is 3.47. The van der Waals surface area contributed by atoms with Crippen LogP contribution < -0.4 is 5.73 Å². The van der Waals surface area contributed by atoms with E-state index in [2.05, 4.69) is 13.5 Å². The van der Waals surface area contributed by atoms with E-state index in [1.165, 1.54) is 0 Å². The summed E-state index contributed by atoms with van der Waals surface area (Å²) < 4.78 is 27.2. The lowest BCUT2D eigenvalue weighted by atomic mass is 9.96. The first-order valence-corrected chi connectivity index (χ1v) is 7.63. The van der Waals surface area contributed by atoms with Gasteiger partial charge in [0, 0.05) is 19.2 Å². The Morgan fingerprint density at radius 2 is 2.00 bits per heavy atom. The first kappa shape index (κ1) is 17.7. The molecular formula is C17H28F2N2. The van der Waals surface area contributed by atoms with Gasteiger partial charge in [0.25, 0.3) is 5.92 Å². The van der Waals surface area contributed by atoms with E-state index in [9.17, 15) is 8.78 Å². The van der Waals surface area contributed by atoms with Crippen LogP contribution >= 0.6 is 0 Å². The molecule has 1 aliphatic carbocycles. The zero-order chi connectivity index (χ0) is 16.3. The zero-order valence-electron chi connectivity index (χ0n) is 13.6. The minimum Gasteiger partial charge on any atom is -0.404 e. The lowest BCUT2D eigenvalue weighted by Crippen LogP contribution is -2.36. The van der Waals surface area contributed by atoms with E-state index in [1.807, 2.05) is 31.0 Å². The van der Waals surface area contributed by atoms with Crippen molar-refractivity contribution in [3.8, 4) is 0 Å². The number of nitrogens with two attached hydrogens (primary N) is 1. The Bertz CT molecular complexity index is 440. The minimum atomic E-state index is -2.64. The number of allylic oxidation sites excluding steroid dienone is 2. The number of hydrogen-bond donors (Lipinski definition) is 1. The highest BCUT2D eigenvalue weighted by Gasteiger charge is 2.70. The standard InChI is InChI=1S/C17H28F2N2/c1-6-8-10-14(11-20)15(9-7-2)21(5)13(3)16(4)12-17(16,18)19/h8,10-11,15H,3,6-7,9,12,20H2,1-2,4-5H3/b10-8-,14-11+. The molecule has 120 valence electrons. The lowest BCUT2D eigenvalue weighted by molar-refractivity contribution is 0.0708. The van der Waals surface area contributed by atoms with E-state index >= 15 is 0 Å². The van der Waals surface area contributed by atoms with Crippen molar-refractivity contribution in [2.45, 2.75) is 58.4 Å². The van der Waals surface area contributed by atoms with Gasteiger partial charge in [-0.25, -0.2) is 8.78 Å². The average molecular weight is 298 g/mol. The third-order valence-electron chi connectivity index (χ3n) is 4.47. The van der Waals surface area contributed by atoms with Gasteiger partial charge in [0.1, 0.15) is 0 Å². The Kier molecular flexibility index (Phi) is 5.60. The molecule has 2 unspecified atom stereocenters. The molecular weight excluding hydrogens is 270 g/mol. The van der Waals surface area contributed by atoms with Crippen molar-refractivity contribution in [3.05, 3.63) is 36.2 Å². The van der Waals surface area contributed by atoms with Crippen LogP contribution in [0.5, 0.6) is 0 Å². The highest BCUT2D eigenvalue weighted by atomic mass is 19.3. The SMILES string of the molecule is C=C(N(C)C(CCC)C(/C=C\CC)=C/N)C1(C)CC1(F)F. The van der Waals surface area contributed by atoms with Crippen LogP contribution in [0.2, 0.25) is 0 Å². The Morgan fingerprint density at radius 3 is 2.38 bits per heavy atom. The van der Waals surface area contributed by atoms with E-state index in [0.29, 0.717) is 5.70 Å². The number of halogens is 2. The van der Waals surface area contributed by atoms with E-state index in [4.69, 9.17) is 5.73 Å². The summed E-state index contributed by atoms with van der Waals surface area (Å²) in [6.07, 6.45) is 8.19. The van der Waals surface area contributed by atoms with Crippen LogP contribution in [0.25, 0.3) is 0 Å². The van der Waals surface area contributed by atoms with Crippen molar-refractivity contribution in [2.24, 2.45) is 11.1 Å². The van der Waals surface area contributed by atoms with Crippen LogP contribution in [-0.2, 0) is 0 Å². The maximum absolute atomic E-state index is 13.6. The Balaban J connectivity index is 2.95. The molecule has 1 aliphatic rings. The van der Waals surface area contributed by atoms with E-state index in [1.54, 1.807) is 13.1 Å². The number of rotatable bonds is 8. The molecule has 0 aromatic heterocycles. The van der Waals surface area contributed by atoms with Crippen molar-refractivity contribution < 1.29 is 8.78 Å². The minimum absolute atomic E-state index is 0.0106. The predicted octanol–water partition coefficient (Wildman–Crippen LogP) is 4.45. The van der Waals surface area contributed by atoms with Gasteiger partial charge < -0.3 is 10.6 Å². The molecule has 0 bridgehead atoms. The predicted molar refractivity (Wildman–Crippen MR) is 85.0 cm³/mol. The first-order valence-electron chi connectivity index (χ1n) is 7.63. The number of likely N-dealkylation sites (N-methyl/N-ethyl adjacent to an activating group) is 1. The fourth-order valence-electron chi connectivity index (χ4n) is 2.68. The quantitative estimate of drug-likeness (QED) is 0.671. The zero-order valence-corrected chi connectivity index (χ0v) is 13.6. The van der Waals surface area contributed by atoms with Crippen LogP contribution in [0.1, 0.15) is 46.5 Å². The molecule has 0 heterocycles. The van der Waals surface area contributed by atoms with Gasteiger partial charge in [-0.1, -0.05) is 39.0 Å². The average Bonchev–Trinajstić information content (AvgIpc) is 2.96. The van der Waals surface area contributed by atoms with E-state index < -0.39 is 11.3 Å².